The molecule has 2 aromatic heterocycles. The van der Waals surface area contributed by atoms with Gasteiger partial charge in [-0.15, -0.1) is 0 Å². The van der Waals surface area contributed by atoms with Gasteiger partial charge in [0.1, 0.15) is 17.5 Å². The van der Waals surface area contributed by atoms with Gasteiger partial charge in [-0.25, -0.2) is 14.4 Å². The first-order valence-corrected chi connectivity index (χ1v) is 10.0. The molecule has 3 heterocycles. The predicted octanol–water partition coefficient (Wildman–Crippen LogP) is 2.75. The number of halogens is 1. The zero-order valence-electron chi connectivity index (χ0n) is 16.6. The van der Waals surface area contributed by atoms with Gasteiger partial charge in [0.25, 0.3) is 0 Å². The van der Waals surface area contributed by atoms with Crippen LogP contribution in [0.3, 0.4) is 0 Å². The number of benzene rings is 1. The molecule has 0 saturated carbocycles. The highest BCUT2D eigenvalue weighted by molar-refractivity contribution is 5.41. The van der Waals surface area contributed by atoms with E-state index in [1.54, 1.807) is 18.6 Å². The van der Waals surface area contributed by atoms with Crippen molar-refractivity contribution < 1.29 is 4.39 Å². The monoisotopic (exact) mass is 392 g/mol. The Kier molecular flexibility index (Phi) is 6.05. The van der Waals surface area contributed by atoms with Crippen molar-refractivity contribution in [3.63, 3.8) is 0 Å². The van der Waals surface area contributed by atoms with Crippen LogP contribution >= 0.6 is 0 Å². The number of nitrogens with zero attached hydrogens (tertiary/aromatic N) is 5. The Bertz CT molecular complexity index is 926. The highest BCUT2D eigenvalue weighted by Crippen LogP contribution is 2.22. The van der Waals surface area contributed by atoms with Crippen LogP contribution in [0, 0.1) is 5.82 Å². The summed E-state index contributed by atoms with van der Waals surface area (Å²) in [5.74, 6) is 1.74. The molecule has 150 valence electrons. The van der Waals surface area contributed by atoms with E-state index in [0.717, 1.165) is 54.8 Å². The maximum Gasteiger partial charge on any atom is 0.132 e. The van der Waals surface area contributed by atoms with E-state index in [4.69, 9.17) is 9.97 Å². The third-order valence-electron chi connectivity index (χ3n) is 5.16. The van der Waals surface area contributed by atoms with Gasteiger partial charge in [0.05, 0.1) is 11.4 Å². The molecule has 1 aliphatic rings. The number of rotatable bonds is 6. The summed E-state index contributed by atoms with van der Waals surface area (Å²) in [6.45, 7) is 5.87. The summed E-state index contributed by atoms with van der Waals surface area (Å²) in [5, 5.41) is 3.38. The van der Waals surface area contributed by atoms with Gasteiger partial charge in [-0.1, -0.05) is 19.1 Å². The molecule has 0 bridgehead atoms. The molecule has 0 radical (unpaired) electrons. The topological polar surface area (TPSA) is 66.8 Å². The SMILES string of the molecule is C[C@H](Cc1nc(Cc2cnccn2)cc(N2CCNCC2)n1)c1ccc(F)cc1. The molecule has 7 heteroatoms. The van der Waals surface area contributed by atoms with Crippen molar-refractivity contribution in [1.29, 1.82) is 0 Å². The fraction of sp³-hybridized carbons (Fsp3) is 0.364. The predicted molar refractivity (Wildman–Crippen MR) is 110 cm³/mol. The zero-order valence-corrected chi connectivity index (χ0v) is 16.6. The smallest absolute Gasteiger partial charge is 0.132 e. The van der Waals surface area contributed by atoms with Crippen molar-refractivity contribution in [3.8, 4) is 0 Å². The van der Waals surface area contributed by atoms with Gasteiger partial charge in [-0.05, 0) is 23.6 Å². The Labute approximate surface area is 170 Å². The molecule has 1 N–H and O–H groups in total. The van der Waals surface area contributed by atoms with Gasteiger partial charge < -0.3 is 10.2 Å². The summed E-state index contributed by atoms with van der Waals surface area (Å²) in [6, 6.07) is 8.74. The second-order valence-corrected chi connectivity index (χ2v) is 7.40. The molecule has 29 heavy (non-hydrogen) atoms. The molecule has 1 aliphatic heterocycles. The van der Waals surface area contributed by atoms with Crippen molar-refractivity contribution in [2.75, 3.05) is 31.1 Å². The highest BCUT2D eigenvalue weighted by atomic mass is 19.1. The summed E-state index contributed by atoms with van der Waals surface area (Å²) < 4.78 is 13.2. The minimum atomic E-state index is -0.218. The first-order chi connectivity index (χ1) is 14.2. The van der Waals surface area contributed by atoms with Crippen LogP contribution in [0.4, 0.5) is 10.2 Å². The van der Waals surface area contributed by atoms with Crippen molar-refractivity contribution >= 4 is 5.82 Å². The molecule has 0 spiro atoms. The molecule has 6 nitrogen and oxygen atoms in total. The minimum absolute atomic E-state index is 0.193. The van der Waals surface area contributed by atoms with Gasteiger partial charge in [-0.3, -0.25) is 9.97 Å². The van der Waals surface area contributed by atoms with Crippen LogP contribution in [0.25, 0.3) is 0 Å². The summed E-state index contributed by atoms with van der Waals surface area (Å²) in [7, 11) is 0. The fourth-order valence-electron chi connectivity index (χ4n) is 3.56. The zero-order chi connectivity index (χ0) is 20.1. The van der Waals surface area contributed by atoms with E-state index in [1.807, 2.05) is 12.1 Å². The molecule has 1 aromatic carbocycles. The Morgan fingerprint density at radius 2 is 1.86 bits per heavy atom. The standard InChI is InChI=1S/C22H25FN6/c1-16(17-2-4-18(23)5-3-17)12-21-27-19(13-20-15-25-6-7-26-20)14-22(28-21)29-10-8-24-9-11-29/h2-7,14-16,24H,8-13H2,1H3/t16-/m1/s1. The Balaban J connectivity index is 1.60. The summed E-state index contributed by atoms with van der Waals surface area (Å²) in [5.41, 5.74) is 2.91. The van der Waals surface area contributed by atoms with Crippen LogP contribution in [0.2, 0.25) is 0 Å². The largest absolute Gasteiger partial charge is 0.354 e. The van der Waals surface area contributed by atoms with E-state index >= 15 is 0 Å². The lowest BCUT2D eigenvalue weighted by Crippen LogP contribution is -2.44. The first kappa shape index (κ1) is 19.4. The lowest BCUT2D eigenvalue weighted by molar-refractivity contribution is 0.581. The lowest BCUT2D eigenvalue weighted by Gasteiger charge is -2.29. The summed E-state index contributed by atoms with van der Waals surface area (Å²) in [6.07, 6.45) is 6.45. The van der Waals surface area contributed by atoms with Crippen molar-refractivity contribution in [2.24, 2.45) is 0 Å². The number of hydrogen-bond donors (Lipinski definition) is 1. The third-order valence-corrected chi connectivity index (χ3v) is 5.16. The number of piperazine rings is 1. The fourth-order valence-corrected chi connectivity index (χ4v) is 3.56. The van der Waals surface area contributed by atoms with Gasteiger partial charge in [0.2, 0.25) is 0 Å². The molecule has 0 unspecified atom stereocenters. The van der Waals surface area contributed by atoms with E-state index in [2.05, 4.69) is 33.2 Å². The van der Waals surface area contributed by atoms with Gasteiger partial charge in [0.15, 0.2) is 0 Å². The van der Waals surface area contributed by atoms with Crippen molar-refractivity contribution in [1.82, 2.24) is 25.3 Å². The highest BCUT2D eigenvalue weighted by Gasteiger charge is 2.17. The first-order valence-electron chi connectivity index (χ1n) is 10.0. The van der Waals surface area contributed by atoms with E-state index < -0.39 is 0 Å². The average Bonchev–Trinajstić information content (AvgIpc) is 2.75. The van der Waals surface area contributed by atoms with Crippen LogP contribution < -0.4 is 10.2 Å². The van der Waals surface area contributed by atoms with Crippen LogP contribution in [0.5, 0.6) is 0 Å². The number of nitrogens with one attached hydrogen (secondary N) is 1. The van der Waals surface area contributed by atoms with Crippen molar-refractivity contribution in [3.05, 3.63) is 77.5 Å². The second kappa shape index (κ2) is 9.05. The van der Waals surface area contributed by atoms with Crippen LogP contribution in [0.15, 0.2) is 48.9 Å². The summed E-state index contributed by atoms with van der Waals surface area (Å²) >= 11 is 0. The van der Waals surface area contributed by atoms with E-state index in [-0.39, 0.29) is 11.7 Å². The minimum Gasteiger partial charge on any atom is -0.354 e. The quantitative estimate of drug-likeness (QED) is 0.696. The third kappa shape index (κ3) is 5.12. The summed E-state index contributed by atoms with van der Waals surface area (Å²) in [4.78, 5) is 20.5. The van der Waals surface area contributed by atoms with Gasteiger partial charge in [0, 0.05) is 63.7 Å². The van der Waals surface area contributed by atoms with Crippen LogP contribution in [-0.4, -0.2) is 46.1 Å². The molecular formula is C22H25FN6. The second-order valence-electron chi connectivity index (χ2n) is 7.40. The van der Waals surface area contributed by atoms with E-state index in [1.165, 1.54) is 12.1 Å². The number of hydrogen-bond acceptors (Lipinski definition) is 6. The average molecular weight is 392 g/mol. The molecule has 1 saturated heterocycles. The maximum atomic E-state index is 13.2. The molecule has 3 aromatic rings. The Morgan fingerprint density at radius 1 is 1.07 bits per heavy atom. The van der Waals surface area contributed by atoms with Gasteiger partial charge in [-0.2, -0.15) is 0 Å². The maximum absolute atomic E-state index is 13.2. The molecule has 1 fully saturated rings. The number of anilines is 1. The molecule has 4 rings (SSSR count). The Hall–Kier alpha value is -2.93. The molecule has 1 atom stereocenters. The van der Waals surface area contributed by atoms with Crippen LogP contribution in [-0.2, 0) is 12.8 Å². The Morgan fingerprint density at radius 3 is 2.59 bits per heavy atom. The molecular weight excluding hydrogens is 367 g/mol. The lowest BCUT2D eigenvalue weighted by atomic mass is 9.97. The van der Waals surface area contributed by atoms with E-state index in [0.29, 0.717) is 12.8 Å². The van der Waals surface area contributed by atoms with Gasteiger partial charge >= 0.3 is 0 Å². The van der Waals surface area contributed by atoms with Crippen molar-refractivity contribution in [2.45, 2.75) is 25.7 Å². The number of aromatic nitrogens is 4. The van der Waals surface area contributed by atoms with Crippen LogP contribution in [0.1, 0.15) is 35.6 Å². The van der Waals surface area contributed by atoms with E-state index in [9.17, 15) is 4.39 Å². The molecule has 0 amide bonds. The normalized spacial score (nSPS) is 15.3. The molecule has 0 aliphatic carbocycles.